The first-order valence-corrected chi connectivity index (χ1v) is 8.67. The van der Waals surface area contributed by atoms with Crippen molar-refractivity contribution in [3.8, 4) is 0 Å². The summed E-state index contributed by atoms with van der Waals surface area (Å²) in [5.74, 6) is 0. The van der Waals surface area contributed by atoms with E-state index in [-0.39, 0.29) is 36.2 Å². The van der Waals surface area contributed by atoms with Crippen molar-refractivity contribution in [3.05, 3.63) is 25.0 Å². The van der Waals surface area contributed by atoms with Crippen molar-refractivity contribution >= 4 is 54.2 Å². The van der Waals surface area contributed by atoms with E-state index in [1.807, 2.05) is 0 Å². The summed E-state index contributed by atoms with van der Waals surface area (Å²) in [5, 5.41) is 9.44. The third-order valence-corrected chi connectivity index (χ3v) is 5.22. The Kier molecular flexibility index (Phi) is 4.27. The normalized spacial score (nSPS) is 34.5. The van der Waals surface area contributed by atoms with Crippen LogP contribution in [0, 0.1) is 0 Å². The predicted octanol–water partition coefficient (Wildman–Crippen LogP) is -0.528. The van der Waals surface area contributed by atoms with Gasteiger partial charge in [0.1, 0.15) is 24.6 Å². The number of hydrogen-bond acceptors (Lipinski definition) is 8. The average Bonchev–Trinajstić information content (AvgIpc) is 3.26. The maximum absolute atomic E-state index is 11.7. The molecule has 0 aromatic carbocycles. The minimum absolute atomic E-state index is 0. The number of rotatable bonds is 2. The monoisotopic (exact) mass is 376 g/mol. The minimum atomic E-state index is -4.16. The van der Waals surface area contributed by atoms with Crippen molar-refractivity contribution in [1.82, 2.24) is 23.9 Å². The van der Waals surface area contributed by atoms with Gasteiger partial charge in [0, 0.05) is 42.0 Å². The fourth-order valence-electron chi connectivity index (χ4n) is 3.18. The van der Waals surface area contributed by atoms with E-state index in [0.29, 0.717) is 16.8 Å². The quantitative estimate of drug-likeness (QED) is 0.447. The summed E-state index contributed by atoms with van der Waals surface area (Å²) in [6.45, 7) is -0.369. The van der Waals surface area contributed by atoms with Crippen LogP contribution in [-0.2, 0) is 18.3 Å². The van der Waals surface area contributed by atoms with Crippen LogP contribution < -0.4 is 0 Å². The Labute approximate surface area is 162 Å². The summed E-state index contributed by atoms with van der Waals surface area (Å²) in [7, 11) is -4.16. The number of imidazole rings is 2. The number of hydrogen-bond donors (Lipinski definition) is 2. The first-order chi connectivity index (χ1) is 11.6. The molecule has 0 saturated carbocycles. The number of aliphatic hydroxyl groups is 1. The molecule has 2 aliphatic rings. The van der Waals surface area contributed by atoms with Crippen LogP contribution in [0.5, 0.6) is 0 Å². The zero-order valence-corrected chi connectivity index (χ0v) is 15.9. The minimum Gasteiger partial charge on any atom is -0.394 e. The van der Waals surface area contributed by atoms with Crippen LogP contribution in [-0.4, -0.2) is 88.4 Å². The second-order valence-electron chi connectivity index (χ2n) is 5.58. The largest absolute Gasteiger partial charge is 0.473 e. The third-order valence-electron chi connectivity index (χ3n) is 4.20. The van der Waals surface area contributed by atoms with Gasteiger partial charge in [0.05, 0.1) is 12.9 Å². The van der Waals surface area contributed by atoms with Crippen molar-refractivity contribution in [2.75, 3.05) is 6.61 Å². The Morgan fingerprint density at radius 3 is 2.76 bits per heavy atom. The summed E-state index contributed by atoms with van der Waals surface area (Å²) < 4.78 is 30.9. The number of phosphoric acid groups is 1. The standard InChI is InChI=1S/C12H12N5O6P.Na/c18-3-6-8-9(23-24(19,20)22-8)12(21-6)17-5-14-7-10-13-1-2-16(10)4-15-11(7)17;/h1-2,4-6,8-9,12,18H,3H2,(H,19,20);/t6-,8-,9-,12-;/m1./s1. The Bertz CT molecular complexity index is 993. The molecular formula is C12H12N5NaO6P. The van der Waals surface area contributed by atoms with E-state index in [1.165, 1.54) is 6.33 Å². The molecule has 5 atom stereocenters. The molecule has 1 unspecified atom stereocenters. The topological polar surface area (TPSA) is 133 Å². The molecule has 2 aliphatic heterocycles. The van der Waals surface area contributed by atoms with Crippen LogP contribution >= 0.6 is 7.82 Å². The van der Waals surface area contributed by atoms with E-state index in [9.17, 15) is 14.6 Å². The van der Waals surface area contributed by atoms with Crippen LogP contribution in [0.2, 0.25) is 0 Å². The summed E-state index contributed by atoms with van der Waals surface area (Å²) in [4.78, 5) is 22.5. The van der Waals surface area contributed by atoms with Gasteiger partial charge in [-0.25, -0.2) is 19.5 Å². The fraction of sp³-hybridized carbons (Fsp3) is 0.417. The van der Waals surface area contributed by atoms with Gasteiger partial charge >= 0.3 is 7.82 Å². The molecular weight excluding hydrogens is 364 g/mol. The zero-order valence-electron chi connectivity index (χ0n) is 13.0. The molecule has 0 bridgehead atoms. The van der Waals surface area contributed by atoms with Gasteiger partial charge in [0.15, 0.2) is 23.0 Å². The molecule has 2 N–H and O–H groups in total. The molecule has 0 amide bonds. The number of nitrogens with zero attached hydrogens (tertiary/aromatic N) is 5. The molecule has 0 aliphatic carbocycles. The number of ether oxygens (including phenoxy) is 1. The summed E-state index contributed by atoms with van der Waals surface area (Å²) in [6, 6.07) is 0. The molecule has 1 radical (unpaired) electrons. The van der Waals surface area contributed by atoms with Crippen molar-refractivity contribution in [2.24, 2.45) is 0 Å². The first kappa shape index (κ1) is 17.5. The number of aliphatic hydroxyl groups excluding tert-OH is 1. The van der Waals surface area contributed by atoms with E-state index in [4.69, 9.17) is 13.8 Å². The Balaban J connectivity index is 0.00000157. The number of fused-ring (bicyclic) bond motifs is 4. The Morgan fingerprint density at radius 1 is 1.16 bits per heavy atom. The van der Waals surface area contributed by atoms with Gasteiger partial charge in [0.25, 0.3) is 0 Å². The van der Waals surface area contributed by atoms with Gasteiger partial charge in [-0.2, -0.15) is 0 Å². The van der Waals surface area contributed by atoms with Crippen LogP contribution in [0.1, 0.15) is 6.23 Å². The first-order valence-electron chi connectivity index (χ1n) is 7.17. The summed E-state index contributed by atoms with van der Waals surface area (Å²) in [5.41, 5.74) is 1.67. The average molecular weight is 376 g/mol. The number of phosphoric ester groups is 1. The van der Waals surface area contributed by atoms with Crippen LogP contribution in [0.25, 0.3) is 16.8 Å². The predicted molar refractivity (Wildman–Crippen MR) is 82.6 cm³/mol. The van der Waals surface area contributed by atoms with Crippen LogP contribution in [0.4, 0.5) is 0 Å². The molecule has 2 saturated heterocycles. The van der Waals surface area contributed by atoms with E-state index < -0.39 is 32.4 Å². The van der Waals surface area contributed by atoms with Crippen LogP contribution in [0.15, 0.2) is 25.0 Å². The molecule has 0 spiro atoms. The Morgan fingerprint density at radius 2 is 1.96 bits per heavy atom. The van der Waals surface area contributed by atoms with Gasteiger partial charge in [-0.1, -0.05) is 0 Å². The maximum atomic E-state index is 11.7. The Hall–Kier alpha value is -0.880. The molecule has 5 rings (SSSR count). The summed E-state index contributed by atoms with van der Waals surface area (Å²) >= 11 is 0. The SMILES string of the molecule is O=P1(O)O[C@@H]2[C@H](O1)[C@@H](CO)O[C@H]2n1cnc2c1ncn1ccnc21.[Na]. The van der Waals surface area contributed by atoms with E-state index in [1.54, 1.807) is 27.7 Å². The van der Waals surface area contributed by atoms with E-state index in [0.717, 1.165) is 0 Å². The molecule has 3 aromatic rings. The van der Waals surface area contributed by atoms with Gasteiger partial charge in [0.2, 0.25) is 0 Å². The molecule has 11 nitrogen and oxygen atoms in total. The molecule has 25 heavy (non-hydrogen) atoms. The molecule has 127 valence electrons. The molecule has 2 fully saturated rings. The van der Waals surface area contributed by atoms with E-state index >= 15 is 0 Å². The second-order valence-corrected chi connectivity index (χ2v) is 6.94. The fourth-order valence-corrected chi connectivity index (χ4v) is 4.33. The van der Waals surface area contributed by atoms with Gasteiger partial charge in [-0.3, -0.25) is 18.0 Å². The molecule has 13 heteroatoms. The smallest absolute Gasteiger partial charge is 0.394 e. The third kappa shape index (κ3) is 2.59. The number of aromatic nitrogens is 5. The van der Waals surface area contributed by atoms with Crippen molar-refractivity contribution in [3.63, 3.8) is 0 Å². The van der Waals surface area contributed by atoms with E-state index in [2.05, 4.69) is 15.0 Å². The molecule has 5 heterocycles. The van der Waals surface area contributed by atoms with Crippen molar-refractivity contribution in [2.45, 2.75) is 24.5 Å². The molecule has 3 aromatic heterocycles. The maximum Gasteiger partial charge on any atom is 0.473 e. The van der Waals surface area contributed by atoms with Crippen molar-refractivity contribution < 1.29 is 28.3 Å². The van der Waals surface area contributed by atoms with Gasteiger partial charge < -0.3 is 14.7 Å². The van der Waals surface area contributed by atoms with Gasteiger partial charge in [-0.05, 0) is 0 Å². The van der Waals surface area contributed by atoms with Crippen molar-refractivity contribution in [1.29, 1.82) is 0 Å². The zero-order chi connectivity index (χ0) is 16.5. The van der Waals surface area contributed by atoms with Gasteiger partial charge in [-0.15, -0.1) is 0 Å². The second kappa shape index (κ2) is 6.08. The van der Waals surface area contributed by atoms with Crippen LogP contribution in [0.3, 0.4) is 0 Å². The summed E-state index contributed by atoms with van der Waals surface area (Å²) in [6.07, 6.45) is 3.19.